The van der Waals surface area contributed by atoms with Crippen LogP contribution in [-0.4, -0.2) is 66.2 Å². The highest BCUT2D eigenvalue weighted by Crippen LogP contribution is 2.34. The molecule has 2 aromatic carbocycles. The van der Waals surface area contributed by atoms with Crippen LogP contribution in [0, 0.1) is 5.92 Å². The molecule has 0 radical (unpaired) electrons. The molecule has 0 spiro atoms. The quantitative estimate of drug-likeness (QED) is 0.518. The number of rotatable bonds is 7. The Morgan fingerprint density at radius 2 is 1.91 bits per heavy atom. The predicted molar refractivity (Wildman–Crippen MR) is 140 cm³/mol. The number of benzene rings is 2. The van der Waals surface area contributed by atoms with Gasteiger partial charge in [0.1, 0.15) is 5.75 Å². The van der Waals surface area contributed by atoms with Crippen LogP contribution in [-0.2, 0) is 9.53 Å². The topological polar surface area (TPSA) is 71.4 Å². The molecule has 0 aliphatic carbocycles. The Morgan fingerprint density at radius 1 is 1.17 bits per heavy atom. The van der Waals surface area contributed by atoms with E-state index < -0.39 is 0 Å². The van der Waals surface area contributed by atoms with E-state index in [1.54, 1.807) is 21.9 Å². The lowest BCUT2D eigenvalue weighted by Crippen LogP contribution is -2.40. The monoisotopic (exact) mass is 493 g/mol. The van der Waals surface area contributed by atoms with Gasteiger partial charge in [-0.3, -0.25) is 14.5 Å². The van der Waals surface area contributed by atoms with Crippen molar-refractivity contribution in [1.29, 1.82) is 0 Å². The molecule has 7 nitrogen and oxygen atoms in total. The Labute approximate surface area is 210 Å². The standard InChI is InChI=1S/C27H31N3O4S/c1-4-30-26(32)24(16-20-8-10-23(11-9-20)34-18-19(2)3)35-27(30)28-22-7-5-6-21(17-22)25(31)29-12-14-33-15-13-29/h5-11,16-17,19H,4,12-15,18H2,1-3H3/b24-16+,28-27?. The number of hydrogen-bond acceptors (Lipinski definition) is 6. The van der Waals surface area contributed by atoms with Crippen molar-refractivity contribution in [3.8, 4) is 5.75 Å². The summed E-state index contributed by atoms with van der Waals surface area (Å²) in [6.45, 7) is 9.61. The van der Waals surface area contributed by atoms with Gasteiger partial charge in [-0.25, -0.2) is 4.99 Å². The summed E-state index contributed by atoms with van der Waals surface area (Å²) in [7, 11) is 0. The molecule has 2 fully saturated rings. The van der Waals surface area contributed by atoms with Crippen LogP contribution in [0.4, 0.5) is 5.69 Å². The second-order valence-electron chi connectivity index (χ2n) is 8.78. The maximum absolute atomic E-state index is 13.0. The first-order valence-corrected chi connectivity index (χ1v) is 12.8. The van der Waals surface area contributed by atoms with Crippen LogP contribution in [0.5, 0.6) is 5.75 Å². The molecule has 2 aromatic rings. The van der Waals surface area contributed by atoms with Gasteiger partial charge < -0.3 is 14.4 Å². The summed E-state index contributed by atoms with van der Waals surface area (Å²) in [4.78, 5) is 34.7. The lowest BCUT2D eigenvalue weighted by molar-refractivity contribution is -0.122. The highest BCUT2D eigenvalue weighted by atomic mass is 32.2. The average Bonchev–Trinajstić information content (AvgIpc) is 3.17. The van der Waals surface area contributed by atoms with E-state index in [1.165, 1.54) is 11.8 Å². The minimum atomic E-state index is -0.0723. The van der Waals surface area contributed by atoms with Gasteiger partial charge in [0, 0.05) is 25.2 Å². The summed E-state index contributed by atoms with van der Waals surface area (Å²) < 4.78 is 11.1. The third kappa shape index (κ3) is 6.32. The van der Waals surface area contributed by atoms with Gasteiger partial charge >= 0.3 is 0 Å². The van der Waals surface area contributed by atoms with Gasteiger partial charge in [0.2, 0.25) is 0 Å². The minimum Gasteiger partial charge on any atom is -0.493 e. The molecular formula is C27H31N3O4S. The predicted octanol–water partition coefficient (Wildman–Crippen LogP) is 4.82. The number of nitrogens with zero attached hydrogens (tertiary/aromatic N) is 3. The number of amides is 2. The molecule has 4 rings (SSSR count). The molecule has 2 aliphatic rings. The molecular weight excluding hydrogens is 462 g/mol. The second kappa shape index (κ2) is 11.6. The molecule has 0 N–H and O–H groups in total. The van der Waals surface area contributed by atoms with Crippen LogP contribution in [0.25, 0.3) is 6.08 Å². The van der Waals surface area contributed by atoms with Crippen LogP contribution >= 0.6 is 11.8 Å². The molecule has 0 unspecified atom stereocenters. The molecule has 2 aliphatic heterocycles. The lowest BCUT2D eigenvalue weighted by atomic mass is 10.1. The molecule has 8 heteroatoms. The van der Waals surface area contributed by atoms with Crippen molar-refractivity contribution in [3.63, 3.8) is 0 Å². The van der Waals surface area contributed by atoms with Crippen molar-refractivity contribution < 1.29 is 19.1 Å². The fourth-order valence-corrected chi connectivity index (χ4v) is 4.78. The van der Waals surface area contributed by atoms with Crippen molar-refractivity contribution >= 4 is 40.5 Å². The van der Waals surface area contributed by atoms with E-state index in [2.05, 4.69) is 13.8 Å². The lowest BCUT2D eigenvalue weighted by Gasteiger charge is -2.26. The molecule has 0 atom stereocenters. The van der Waals surface area contributed by atoms with Crippen LogP contribution in [0.3, 0.4) is 0 Å². The first-order valence-electron chi connectivity index (χ1n) is 11.9. The van der Waals surface area contributed by atoms with E-state index in [9.17, 15) is 9.59 Å². The summed E-state index contributed by atoms with van der Waals surface area (Å²) >= 11 is 1.35. The fourth-order valence-electron chi connectivity index (χ4n) is 3.71. The molecule has 0 bridgehead atoms. The smallest absolute Gasteiger partial charge is 0.266 e. The van der Waals surface area contributed by atoms with Gasteiger partial charge in [0.15, 0.2) is 5.17 Å². The number of morpholine rings is 1. The summed E-state index contributed by atoms with van der Waals surface area (Å²) in [6.07, 6.45) is 1.88. The Bertz CT molecular complexity index is 1120. The van der Waals surface area contributed by atoms with Crippen molar-refractivity contribution in [2.45, 2.75) is 20.8 Å². The van der Waals surface area contributed by atoms with E-state index >= 15 is 0 Å². The van der Waals surface area contributed by atoms with Crippen LogP contribution in [0.1, 0.15) is 36.7 Å². The summed E-state index contributed by atoms with van der Waals surface area (Å²) in [5.74, 6) is 1.17. The number of carbonyl (C=O) groups excluding carboxylic acids is 2. The Balaban J connectivity index is 1.51. The number of amidine groups is 1. The van der Waals surface area contributed by atoms with Crippen LogP contribution in [0.2, 0.25) is 0 Å². The summed E-state index contributed by atoms with van der Waals surface area (Å²) in [6, 6.07) is 15.0. The molecule has 184 valence electrons. The van der Waals surface area contributed by atoms with E-state index in [4.69, 9.17) is 14.5 Å². The zero-order chi connectivity index (χ0) is 24.8. The van der Waals surface area contributed by atoms with Gasteiger partial charge in [0.05, 0.1) is 30.4 Å². The van der Waals surface area contributed by atoms with Crippen molar-refractivity contribution in [3.05, 3.63) is 64.6 Å². The highest BCUT2D eigenvalue weighted by Gasteiger charge is 2.32. The zero-order valence-corrected chi connectivity index (χ0v) is 21.2. The third-order valence-corrected chi connectivity index (χ3v) is 6.59. The van der Waals surface area contributed by atoms with Crippen LogP contribution in [0.15, 0.2) is 58.4 Å². The molecule has 2 amide bonds. The number of thioether (sulfide) groups is 1. The van der Waals surface area contributed by atoms with Gasteiger partial charge in [-0.15, -0.1) is 0 Å². The fraction of sp³-hybridized carbons (Fsp3) is 0.370. The summed E-state index contributed by atoms with van der Waals surface area (Å²) in [5, 5.41) is 0.608. The Hall–Kier alpha value is -3.10. The number of likely N-dealkylation sites (N-methyl/N-ethyl adjacent to an activating group) is 1. The van der Waals surface area contributed by atoms with Gasteiger partial charge in [0.25, 0.3) is 11.8 Å². The van der Waals surface area contributed by atoms with E-state index in [1.807, 2.05) is 49.4 Å². The Morgan fingerprint density at radius 3 is 2.60 bits per heavy atom. The van der Waals surface area contributed by atoms with Crippen LogP contribution < -0.4 is 4.74 Å². The number of carbonyl (C=O) groups is 2. The maximum Gasteiger partial charge on any atom is 0.266 e. The largest absolute Gasteiger partial charge is 0.493 e. The highest BCUT2D eigenvalue weighted by molar-refractivity contribution is 8.18. The van der Waals surface area contributed by atoms with E-state index in [0.717, 1.165) is 11.3 Å². The third-order valence-electron chi connectivity index (χ3n) is 5.58. The first kappa shape index (κ1) is 25.0. The van der Waals surface area contributed by atoms with Gasteiger partial charge in [-0.05, 0) is 66.6 Å². The summed E-state index contributed by atoms with van der Waals surface area (Å²) in [5.41, 5.74) is 2.15. The second-order valence-corrected chi connectivity index (χ2v) is 9.79. The number of hydrogen-bond donors (Lipinski definition) is 0. The van der Waals surface area contributed by atoms with Crippen molar-refractivity contribution in [2.75, 3.05) is 39.5 Å². The average molecular weight is 494 g/mol. The van der Waals surface area contributed by atoms with E-state index in [-0.39, 0.29) is 11.8 Å². The zero-order valence-electron chi connectivity index (χ0n) is 20.4. The molecule has 2 saturated heterocycles. The molecule has 0 saturated carbocycles. The molecule has 2 heterocycles. The van der Waals surface area contributed by atoms with E-state index in [0.29, 0.717) is 66.7 Å². The normalized spacial score (nSPS) is 18.7. The first-order chi connectivity index (χ1) is 16.9. The molecule has 35 heavy (non-hydrogen) atoms. The number of ether oxygens (including phenoxy) is 2. The van der Waals surface area contributed by atoms with Gasteiger partial charge in [-0.1, -0.05) is 32.0 Å². The number of aliphatic imine (C=N–C) groups is 1. The van der Waals surface area contributed by atoms with Crippen molar-refractivity contribution in [1.82, 2.24) is 9.80 Å². The van der Waals surface area contributed by atoms with Gasteiger partial charge in [-0.2, -0.15) is 0 Å². The maximum atomic E-state index is 13.0. The molecule has 0 aromatic heterocycles. The SMILES string of the molecule is CCN1C(=O)/C(=C\c2ccc(OCC(C)C)cc2)SC1=Nc1cccc(C(=O)N2CCOCC2)c1. The van der Waals surface area contributed by atoms with Crippen molar-refractivity contribution in [2.24, 2.45) is 10.9 Å². The minimum absolute atomic E-state index is 0.0285. The Kier molecular flexibility index (Phi) is 8.25.